The van der Waals surface area contributed by atoms with E-state index in [4.69, 9.17) is 10.7 Å². The molecule has 4 aromatic rings. The molecule has 0 spiro atoms. The first-order valence-electron chi connectivity index (χ1n) is 8.67. The molecule has 3 aromatic heterocycles. The Morgan fingerprint density at radius 3 is 3.04 bits per heavy atom. The number of aromatic nitrogens is 6. The lowest BCUT2D eigenvalue weighted by Crippen LogP contribution is -2.27. The second-order valence-corrected chi connectivity index (χ2v) is 6.65. The van der Waals surface area contributed by atoms with Crippen LogP contribution in [0.4, 0.5) is 5.82 Å². The van der Waals surface area contributed by atoms with Gasteiger partial charge >= 0.3 is 0 Å². The van der Waals surface area contributed by atoms with Crippen LogP contribution in [0, 0.1) is 0 Å². The van der Waals surface area contributed by atoms with Crippen molar-refractivity contribution < 1.29 is 0 Å². The molecule has 130 valence electrons. The van der Waals surface area contributed by atoms with Gasteiger partial charge in [0.1, 0.15) is 5.82 Å². The Kier molecular flexibility index (Phi) is 3.49. The summed E-state index contributed by atoms with van der Waals surface area (Å²) in [5, 5.41) is 9.48. The quantitative estimate of drug-likeness (QED) is 0.598. The summed E-state index contributed by atoms with van der Waals surface area (Å²) in [6.45, 7) is 2.29. The van der Waals surface area contributed by atoms with Crippen molar-refractivity contribution in [3.8, 4) is 0 Å². The fraction of sp³-hybridized carbons (Fsp3) is 0.278. The van der Waals surface area contributed by atoms with E-state index in [2.05, 4.69) is 43.4 Å². The first-order valence-corrected chi connectivity index (χ1v) is 8.67. The van der Waals surface area contributed by atoms with Gasteiger partial charge in [0.05, 0.1) is 18.3 Å². The summed E-state index contributed by atoms with van der Waals surface area (Å²) < 4.78 is 1.79. The molecule has 1 atom stereocenters. The van der Waals surface area contributed by atoms with Crippen LogP contribution in [0.15, 0.2) is 42.7 Å². The molecule has 1 fully saturated rings. The number of nitrogens with zero attached hydrogens (tertiary/aromatic N) is 7. The molecule has 1 aliphatic rings. The van der Waals surface area contributed by atoms with Crippen LogP contribution >= 0.6 is 0 Å². The minimum atomic E-state index is 0.196. The summed E-state index contributed by atoms with van der Waals surface area (Å²) in [5.41, 5.74) is 9.35. The molecule has 0 saturated carbocycles. The van der Waals surface area contributed by atoms with Gasteiger partial charge < -0.3 is 10.6 Å². The van der Waals surface area contributed by atoms with E-state index in [0.29, 0.717) is 17.8 Å². The maximum Gasteiger partial charge on any atom is 0.221 e. The van der Waals surface area contributed by atoms with Crippen molar-refractivity contribution in [2.24, 2.45) is 5.73 Å². The van der Waals surface area contributed by atoms with Crippen molar-refractivity contribution in [1.82, 2.24) is 29.9 Å². The normalized spacial score (nSPS) is 17.4. The third-order valence-electron chi connectivity index (χ3n) is 4.76. The number of pyridine rings is 1. The summed E-state index contributed by atoms with van der Waals surface area (Å²) in [6.07, 6.45) is 4.53. The van der Waals surface area contributed by atoms with Crippen molar-refractivity contribution in [3.63, 3.8) is 0 Å². The van der Waals surface area contributed by atoms with Gasteiger partial charge in [0.25, 0.3) is 0 Å². The highest BCUT2D eigenvalue weighted by atomic mass is 15.5. The van der Waals surface area contributed by atoms with Crippen LogP contribution < -0.4 is 10.6 Å². The van der Waals surface area contributed by atoms with Gasteiger partial charge in [-0.1, -0.05) is 17.3 Å². The number of hydrogen-bond acceptors (Lipinski definition) is 7. The van der Waals surface area contributed by atoms with E-state index in [1.165, 1.54) is 0 Å². The lowest BCUT2D eigenvalue weighted by atomic mass is 10.1. The molecule has 0 aliphatic carbocycles. The molecule has 1 unspecified atom stereocenters. The molecule has 4 heterocycles. The lowest BCUT2D eigenvalue weighted by molar-refractivity contribution is 0.664. The van der Waals surface area contributed by atoms with Crippen LogP contribution in [0.2, 0.25) is 0 Å². The van der Waals surface area contributed by atoms with E-state index in [1.807, 2.05) is 12.1 Å². The number of fused-ring (bicyclic) bond motifs is 2. The van der Waals surface area contributed by atoms with Crippen molar-refractivity contribution in [2.45, 2.75) is 19.0 Å². The molecule has 5 rings (SSSR count). The Labute approximate surface area is 149 Å². The van der Waals surface area contributed by atoms with E-state index in [-0.39, 0.29) is 6.04 Å². The first kappa shape index (κ1) is 15.2. The summed E-state index contributed by atoms with van der Waals surface area (Å²) in [5.74, 6) is 0.830. The Morgan fingerprint density at radius 1 is 1.19 bits per heavy atom. The molecule has 1 saturated heterocycles. The highest BCUT2D eigenvalue weighted by Crippen LogP contribution is 2.20. The highest BCUT2D eigenvalue weighted by Gasteiger charge is 2.21. The zero-order valence-corrected chi connectivity index (χ0v) is 14.2. The van der Waals surface area contributed by atoms with E-state index < -0.39 is 0 Å². The molecule has 0 amide bonds. The van der Waals surface area contributed by atoms with Gasteiger partial charge in [-0.25, -0.2) is 14.6 Å². The predicted octanol–water partition coefficient (Wildman–Crippen LogP) is 1.36. The third-order valence-corrected chi connectivity index (χ3v) is 4.76. The van der Waals surface area contributed by atoms with Crippen molar-refractivity contribution >= 4 is 28.0 Å². The van der Waals surface area contributed by atoms with Crippen LogP contribution in [-0.4, -0.2) is 49.1 Å². The van der Waals surface area contributed by atoms with Gasteiger partial charge in [-0.2, -0.15) is 0 Å². The second-order valence-electron chi connectivity index (χ2n) is 6.65. The van der Waals surface area contributed by atoms with E-state index in [1.54, 1.807) is 17.1 Å². The number of nitrogens with two attached hydrogens (primary N) is 1. The van der Waals surface area contributed by atoms with Crippen molar-refractivity contribution in [2.75, 3.05) is 18.0 Å². The molecular weight excluding hydrogens is 328 g/mol. The average molecular weight is 346 g/mol. The van der Waals surface area contributed by atoms with Crippen LogP contribution in [0.1, 0.15) is 12.0 Å². The molecule has 8 nitrogen and oxygen atoms in total. The van der Waals surface area contributed by atoms with E-state index in [9.17, 15) is 0 Å². The maximum absolute atomic E-state index is 6.01. The highest BCUT2D eigenvalue weighted by molar-refractivity contribution is 5.79. The van der Waals surface area contributed by atoms with Gasteiger partial charge in [0, 0.05) is 30.7 Å². The number of benzene rings is 1. The monoisotopic (exact) mass is 346 g/mol. The maximum atomic E-state index is 6.01. The Morgan fingerprint density at radius 2 is 2.15 bits per heavy atom. The fourth-order valence-corrected chi connectivity index (χ4v) is 3.40. The minimum Gasteiger partial charge on any atom is -0.354 e. The number of rotatable bonds is 3. The standard InChI is InChI=1S/C18H18N8/c19-14-5-7-25(11-14)16-9-21-17-18(22-16)26(24-23-17)10-12-3-4-15-13(8-12)2-1-6-20-15/h1-4,6,8-9,14H,5,7,10-11,19H2. The molecule has 0 bridgehead atoms. The van der Waals surface area contributed by atoms with Crippen molar-refractivity contribution in [1.29, 1.82) is 0 Å². The molecule has 1 aromatic carbocycles. The molecule has 1 aliphatic heterocycles. The van der Waals surface area contributed by atoms with Crippen LogP contribution in [-0.2, 0) is 6.54 Å². The van der Waals surface area contributed by atoms with E-state index in [0.717, 1.165) is 41.8 Å². The fourth-order valence-electron chi connectivity index (χ4n) is 3.40. The second kappa shape index (κ2) is 5.99. The Hall–Kier alpha value is -3.13. The van der Waals surface area contributed by atoms with Crippen LogP contribution in [0.25, 0.3) is 22.2 Å². The van der Waals surface area contributed by atoms with Crippen molar-refractivity contribution in [3.05, 3.63) is 48.3 Å². The summed E-state index contributed by atoms with van der Waals surface area (Å²) in [6, 6.07) is 10.4. The summed E-state index contributed by atoms with van der Waals surface area (Å²) >= 11 is 0. The van der Waals surface area contributed by atoms with Gasteiger partial charge in [-0.3, -0.25) is 4.98 Å². The van der Waals surface area contributed by atoms with E-state index >= 15 is 0 Å². The lowest BCUT2D eigenvalue weighted by Gasteiger charge is -2.16. The van der Waals surface area contributed by atoms with Gasteiger partial charge in [0.2, 0.25) is 5.65 Å². The number of hydrogen-bond donors (Lipinski definition) is 1. The van der Waals surface area contributed by atoms with Gasteiger partial charge in [0.15, 0.2) is 5.65 Å². The minimum absolute atomic E-state index is 0.196. The predicted molar refractivity (Wildman–Crippen MR) is 98.8 cm³/mol. The first-order chi connectivity index (χ1) is 12.8. The Bertz CT molecular complexity index is 1090. The molecule has 26 heavy (non-hydrogen) atoms. The molecule has 2 N–H and O–H groups in total. The zero-order chi connectivity index (χ0) is 17.5. The Balaban J connectivity index is 1.49. The molecule has 8 heteroatoms. The smallest absolute Gasteiger partial charge is 0.221 e. The number of anilines is 1. The van der Waals surface area contributed by atoms with Crippen LogP contribution in [0.5, 0.6) is 0 Å². The summed E-state index contributed by atoms with van der Waals surface area (Å²) in [4.78, 5) is 15.7. The largest absolute Gasteiger partial charge is 0.354 e. The van der Waals surface area contributed by atoms with Crippen LogP contribution in [0.3, 0.4) is 0 Å². The molecule has 0 radical (unpaired) electrons. The zero-order valence-electron chi connectivity index (χ0n) is 14.2. The van der Waals surface area contributed by atoms with Gasteiger partial charge in [-0.05, 0) is 30.2 Å². The van der Waals surface area contributed by atoms with Gasteiger partial charge in [-0.15, -0.1) is 5.10 Å². The molecular formula is C18H18N8. The topological polar surface area (TPSA) is 98.6 Å². The SMILES string of the molecule is NC1CCN(c2cnc3nnn(Cc4ccc5ncccc5c4)c3n2)C1. The third kappa shape index (κ3) is 2.64. The average Bonchev–Trinajstić information content (AvgIpc) is 3.28. The summed E-state index contributed by atoms with van der Waals surface area (Å²) in [7, 11) is 0.